The fraction of sp³-hybridized carbons (Fsp3) is 0.706. The van der Waals surface area contributed by atoms with Crippen LogP contribution in [0.3, 0.4) is 0 Å². The first-order chi connectivity index (χ1) is 13.3. The number of hydrogen-bond acceptors (Lipinski definition) is 11. The predicted octanol–water partition coefficient (Wildman–Crippen LogP) is -3.26. The molecule has 2 heterocycles. The van der Waals surface area contributed by atoms with Gasteiger partial charge in [0.15, 0.2) is 6.29 Å². The fourth-order valence-electron chi connectivity index (χ4n) is 3.71. The SMILES string of the molecule is COC(=O)C1=CO[C@@H](O[C@H]2O[C@@H](CO)[C@@H](O)[C@@H](O)[C@H]2O)[C@H]2[C@@H]1C=C[C@]2(O)CO. The molecule has 28 heavy (non-hydrogen) atoms. The number of aliphatic hydroxyl groups excluding tert-OH is 5. The van der Waals surface area contributed by atoms with Gasteiger partial charge in [-0.3, -0.25) is 0 Å². The predicted molar refractivity (Wildman–Crippen MR) is 88.0 cm³/mol. The molecule has 3 aliphatic rings. The second kappa shape index (κ2) is 8.05. The zero-order valence-electron chi connectivity index (χ0n) is 15.0. The van der Waals surface area contributed by atoms with Crippen LogP contribution < -0.4 is 0 Å². The molecular formula is C17H24O11. The van der Waals surface area contributed by atoms with Crippen molar-refractivity contribution in [1.82, 2.24) is 0 Å². The Bertz CT molecular complexity index is 647. The van der Waals surface area contributed by atoms with Crippen molar-refractivity contribution in [2.75, 3.05) is 20.3 Å². The van der Waals surface area contributed by atoms with E-state index in [9.17, 15) is 35.4 Å². The van der Waals surface area contributed by atoms with Gasteiger partial charge in [0.1, 0.15) is 30.0 Å². The Morgan fingerprint density at radius 3 is 2.50 bits per heavy atom. The van der Waals surface area contributed by atoms with E-state index in [1.165, 1.54) is 19.3 Å². The molecule has 1 fully saturated rings. The normalized spacial score (nSPS) is 45.2. The average Bonchev–Trinajstić information content (AvgIpc) is 3.06. The van der Waals surface area contributed by atoms with Crippen LogP contribution in [0.1, 0.15) is 0 Å². The molecule has 11 nitrogen and oxygen atoms in total. The molecule has 2 aliphatic heterocycles. The highest BCUT2D eigenvalue weighted by Crippen LogP contribution is 2.45. The number of rotatable bonds is 5. The highest BCUT2D eigenvalue weighted by molar-refractivity contribution is 5.89. The quantitative estimate of drug-likeness (QED) is 0.200. The minimum absolute atomic E-state index is 0.0989. The Kier molecular flexibility index (Phi) is 6.08. The van der Waals surface area contributed by atoms with Crippen LogP contribution in [0.25, 0.3) is 0 Å². The van der Waals surface area contributed by atoms with Gasteiger partial charge in [-0.2, -0.15) is 0 Å². The Labute approximate surface area is 160 Å². The number of methoxy groups -OCH3 is 1. The molecule has 1 aliphatic carbocycles. The van der Waals surface area contributed by atoms with Crippen molar-refractivity contribution in [1.29, 1.82) is 0 Å². The van der Waals surface area contributed by atoms with Crippen molar-refractivity contribution in [2.24, 2.45) is 11.8 Å². The van der Waals surface area contributed by atoms with Gasteiger partial charge in [-0.1, -0.05) is 12.2 Å². The highest BCUT2D eigenvalue weighted by Gasteiger charge is 2.55. The third kappa shape index (κ3) is 3.44. The van der Waals surface area contributed by atoms with E-state index < -0.39 is 73.6 Å². The Balaban J connectivity index is 1.85. The summed E-state index contributed by atoms with van der Waals surface area (Å²) in [6, 6.07) is 0. The van der Waals surface area contributed by atoms with Crippen molar-refractivity contribution in [3.8, 4) is 0 Å². The van der Waals surface area contributed by atoms with E-state index in [2.05, 4.69) is 0 Å². The van der Waals surface area contributed by atoms with Gasteiger partial charge in [0.2, 0.25) is 6.29 Å². The van der Waals surface area contributed by atoms with Crippen LogP contribution in [0, 0.1) is 11.8 Å². The van der Waals surface area contributed by atoms with Gasteiger partial charge in [-0.25, -0.2) is 4.79 Å². The molecule has 9 atom stereocenters. The smallest absolute Gasteiger partial charge is 0.337 e. The zero-order chi connectivity index (χ0) is 20.6. The van der Waals surface area contributed by atoms with Crippen molar-refractivity contribution >= 4 is 5.97 Å². The summed E-state index contributed by atoms with van der Waals surface area (Å²) in [5.41, 5.74) is -1.70. The van der Waals surface area contributed by atoms with Crippen LogP contribution >= 0.6 is 0 Å². The number of esters is 1. The van der Waals surface area contributed by atoms with Crippen molar-refractivity contribution in [3.63, 3.8) is 0 Å². The molecule has 0 spiro atoms. The summed E-state index contributed by atoms with van der Waals surface area (Å²) >= 11 is 0. The molecular weight excluding hydrogens is 380 g/mol. The van der Waals surface area contributed by atoms with Crippen LogP contribution in [-0.2, 0) is 23.7 Å². The van der Waals surface area contributed by atoms with E-state index in [4.69, 9.17) is 18.9 Å². The standard InChI is InChI=1S/C17H24O11/c1-25-14(23)8-5-26-15(10-7(8)2-3-17(10,24)6-19)28-16-13(22)12(21)11(20)9(4-18)27-16/h2-3,5,7,9-13,15-16,18-22,24H,4,6H2,1H3/t7-,9+,10-,11-,12-,13-,15+,16-,17+/m1/s1. The summed E-state index contributed by atoms with van der Waals surface area (Å²) in [6.07, 6.45) is -4.99. The zero-order valence-corrected chi connectivity index (χ0v) is 15.0. The van der Waals surface area contributed by atoms with Crippen molar-refractivity contribution in [2.45, 2.75) is 42.6 Å². The maximum Gasteiger partial charge on any atom is 0.337 e. The topological polar surface area (TPSA) is 175 Å². The van der Waals surface area contributed by atoms with Crippen LogP contribution in [0.5, 0.6) is 0 Å². The first kappa shape index (κ1) is 21.1. The third-order valence-corrected chi connectivity index (χ3v) is 5.33. The van der Waals surface area contributed by atoms with Crippen molar-refractivity contribution < 1.29 is 54.4 Å². The molecule has 0 aromatic rings. The average molecular weight is 404 g/mol. The highest BCUT2D eigenvalue weighted by atomic mass is 16.8. The molecule has 3 rings (SSSR count). The monoisotopic (exact) mass is 404 g/mol. The minimum Gasteiger partial charge on any atom is -0.471 e. The van der Waals surface area contributed by atoms with Gasteiger partial charge in [-0.15, -0.1) is 0 Å². The minimum atomic E-state index is -1.79. The molecule has 0 aromatic heterocycles. The van der Waals surface area contributed by atoms with Gasteiger partial charge in [0, 0.05) is 5.92 Å². The summed E-state index contributed by atoms with van der Waals surface area (Å²) in [7, 11) is 1.19. The second-order valence-electron chi connectivity index (χ2n) is 6.96. The first-order valence-electron chi connectivity index (χ1n) is 8.69. The van der Waals surface area contributed by atoms with Gasteiger partial charge in [-0.05, 0) is 0 Å². The Morgan fingerprint density at radius 2 is 1.89 bits per heavy atom. The van der Waals surface area contributed by atoms with Gasteiger partial charge in [0.25, 0.3) is 0 Å². The molecule has 158 valence electrons. The maximum absolute atomic E-state index is 12.0. The molecule has 0 radical (unpaired) electrons. The molecule has 0 aromatic carbocycles. The number of fused-ring (bicyclic) bond motifs is 1. The second-order valence-corrected chi connectivity index (χ2v) is 6.96. The van der Waals surface area contributed by atoms with E-state index >= 15 is 0 Å². The van der Waals surface area contributed by atoms with Crippen LogP contribution in [0.15, 0.2) is 24.0 Å². The molecule has 0 amide bonds. The molecule has 0 bridgehead atoms. The number of ether oxygens (including phenoxy) is 4. The number of carbonyl (C=O) groups is 1. The summed E-state index contributed by atoms with van der Waals surface area (Å²) in [5.74, 6) is -2.40. The van der Waals surface area contributed by atoms with E-state index in [-0.39, 0.29) is 5.57 Å². The molecule has 0 saturated carbocycles. The lowest BCUT2D eigenvalue weighted by Gasteiger charge is -2.44. The Hall–Kier alpha value is -1.57. The fourth-order valence-corrected chi connectivity index (χ4v) is 3.71. The summed E-state index contributed by atoms with van der Waals surface area (Å²) in [5, 5.41) is 59.5. The molecule has 11 heteroatoms. The van der Waals surface area contributed by atoms with E-state index in [0.717, 1.165) is 6.26 Å². The van der Waals surface area contributed by atoms with Crippen LogP contribution in [-0.4, -0.2) is 99.5 Å². The maximum atomic E-state index is 12.0. The third-order valence-electron chi connectivity index (χ3n) is 5.33. The van der Waals surface area contributed by atoms with Gasteiger partial charge in [0.05, 0.1) is 38.1 Å². The number of carbonyl (C=O) groups excluding carboxylic acids is 1. The Morgan fingerprint density at radius 1 is 1.18 bits per heavy atom. The molecule has 1 saturated heterocycles. The van der Waals surface area contributed by atoms with E-state index in [0.29, 0.717) is 0 Å². The summed E-state index contributed by atoms with van der Waals surface area (Å²) in [6.45, 7) is -1.34. The molecule has 0 unspecified atom stereocenters. The molecule has 6 N–H and O–H groups in total. The largest absolute Gasteiger partial charge is 0.471 e. The van der Waals surface area contributed by atoms with E-state index in [1.54, 1.807) is 0 Å². The lowest BCUT2D eigenvalue weighted by molar-refractivity contribution is -0.346. The van der Waals surface area contributed by atoms with Crippen molar-refractivity contribution in [3.05, 3.63) is 24.0 Å². The lowest BCUT2D eigenvalue weighted by atomic mass is 9.79. The number of hydrogen-bond donors (Lipinski definition) is 6. The summed E-state index contributed by atoms with van der Waals surface area (Å²) < 4.78 is 21.0. The summed E-state index contributed by atoms with van der Waals surface area (Å²) in [4.78, 5) is 12.0. The lowest BCUT2D eigenvalue weighted by Crippen LogP contribution is -2.61. The van der Waals surface area contributed by atoms with E-state index in [1.807, 2.05) is 0 Å². The number of aliphatic hydroxyl groups is 6. The number of allylic oxidation sites excluding steroid dienone is 1. The van der Waals surface area contributed by atoms with Gasteiger partial charge < -0.3 is 49.6 Å². The van der Waals surface area contributed by atoms with Crippen LogP contribution in [0.4, 0.5) is 0 Å². The first-order valence-corrected chi connectivity index (χ1v) is 8.69. The van der Waals surface area contributed by atoms with Gasteiger partial charge >= 0.3 is 5.97 Å². The van der Waals surface area contributed by atoms with Crippen LogP contribution in [0.2, 0.25) is 0 Å².